The number of aromatic hydroxyl groups is 1. The van der Waals surface area contributed by atoms with Gasteiger partial charge < -0.3 is 25.4 Å². The summed E-state index contributed by atoms with van der Waals surface area (Å²) in [6, 6.07) is 14.7. The number of rotatable bonds is 10. The second-order valence-electron chi connectivity index (χ2n) is 9.19. The number of nitrogens with one attached hydrogen (secondary N) is 2. The molecule has 4 rings (SSSR count). The number of aromatic nitrogens is 2. The largest absolute Gasteiger partial charge is 0.505 e. The number of fused-ring (bicyclic) bond motifs is 1. The summed E-state index contributed by atoms with van der Waals surface area (Å²) < 4.78 is 14.7. The average Bonchev–Trinajstić information content (AvgIpc) is 2.91. The van der Waals surface area contributed by atoms with Crippen molar-refractivity contribution in [2.45, 2.75) is 32.7 Å². The third kappa shape index (κ3) is 6.66. The molecule has 0 spiro atoms. The molecule has 0 unspecified atom stereocenters. The summed E-state index contributed by atoms with van der Waals surface area (Å²) in [5.41, 5.74) is 2.20. The van der Waals surface area contributed by atoms with Crippen molar-refractivity contribution < 1.29 is 24.2 Å². The van der Waals surface area contributed by atoms with Crippen molar-refractivity contribution in [1.82, 2.24) is 14.9 Å². The molecule has 4 aromatic rings. The van der Waals surface area contributed by atoms with E-state index in [0.29, 0.717) is 30.5 Å². The minimum Gasteiger partial charge on any atom is -0.505 e. The molecule has 0 aliphatic rings. The fourth-order valence-corrected chi connectivity index (χ4v) is 4.25. The van der Waals surface area contributed by atoms with Crippen LogP contribution in [0.15, 0.2) is 65.6 Å². The number of unbranched alkanes of at least 4 members (excludes halogenated alkanes) is 1. The number of nitrogens with zero attached hydrogens (tertiary/aromatic N) is 2. The van der Waals surface area contributed by atoms with Gasteiger partial charge in [-0.3, -0.25) is 19.4 Å². The number of aliphatic hydroxyl groups excluding tert-OH is 1. The molecule has 39 heavy (non-hydrogen) atoms. The van der Waals surface area contributed by atoms with Gasteiger partial charge in [0.1, 0.15) is 16.9 Å². The van der Waals surface area contributed by atoms with Gasteiger partial charge in [-0.1, -0.05) is 24.3 Å². The number of amides is 2. The van der Waals surface area contributed by atoms with Crippen LogP contribution < -0.4 is 16.2 Å². The van der Waals surface area contributed by atoms with Gasteiger partial charge in [0, 0.05) is 32.0 Å². The Morgan fingerprint density at radius 3 is 2.36 bits per heavy atom. The van der Waals surface area contributed by atoms with E-state index in [4.69, 9.17) is 5.11 Å². The molecule has 0 aliphatic heterocycles. The first kappa shape index (κ1) is 27.5. The Bertz CT molecular complexity index is 1550. The first-order chi connectivity index (χ1) is 18.8. The maximum Gasteiger partial charge on any atom is 0.268 e. The van der Waals surface area contributed by atoms with E-state index in [2.05, 4.69) is 15.6 Å². The van der Waals surface area contributed by atoms with Gasteiger partial charge in [-0.05, 0) is 66.3 Å². The lowest BCUT2D eigenvalue weighted by Crippen LogP contribution is -2.34. The number of pyridine rings is 2. The topological polar surface area (TPSA) is 134 Å². The van der Waals surface area contributed by atoms with Gasteiger partial charge in [0.2, 0.25) is 5.91 Å². The van der Waals surface area contributed by atoms with Crippen LogP contribution in [-0.4, -0.2) is 44.7 Å². The fourth-order valence-electron chi connectivity index (χ4n) is 4.25. The predicted octanol–water partition coefficient (Wildman–Crippen LogP) is 3.34. The molecule has 2 aromatic carbocycles. The van der Waals surface area contributed by atoms with E-state index in [0.717, 1.165) is 16.7 Å². The van der Waals surface area contributed by atoms with Crippen molar-refractivity contribution in [2.75, 3.05) is 18.5 Å². The molecule has 2 amide bonds. The maximum absolute atomic E-state index is 13.6. The van der Waals surface area contributed by atoms with E-state index in [1.807, 2.05) is 0 Å². The highest BCUT2D eigenvalue weighted by Gasteiger charge is 2.23. The molecule has 9 nitrogen and oxygen atoms in total. The highest BCUT2D eigenvalue weighted by atomic mass is 19.1. The summed E-state index contributed by atoms with van der Waals surface area (Å²) in [5.74, 6) is -1.80. The summed E-state index contributed by atoms with van der Waals surface area (Å²) in [6.07, 6.45) is 2.96. The van der Waals surface area contributed by atoms with Crippen molar-refractivity contribution >= 4 is 28.5 Å². The van der Waals surface area contributed by atoms with E-state index in [9.17, 15) is 23.9 Å². The Morgan fingerprint density at radius 1 is 1.00 bits per heavy atom. The monoisotopic (exact) mass is 532 g/mol. The second-order valence-corrected chi connectivity index (χ2v) is 9.19. The zero-order chi connectivity index (χ0) is 27.9. The van der Waals surface area contributed by atoms with E-state index in [1.54, 1.807) is 48.7 Å². The molecule has 2 aromatic heterocycles. The standard InChI is InChI=1S/C29H29FN4O5/c1-18(36)33-23-10-6-20(7-11-23)17-34-24-15-21(14-19-4-8-22(30)9-5-19)16-32-26(24)27(37)25(29(34)39)28(38)31-12-2-3-13-35/h4-11,15-16,35,37H,2-3,12-14,17H2,1H3,(H,31,38)(H,33,36). The third-order valence-electron chi connectivity index (χ3n) is 6.17. The number of carbonyl (C=O) groups excluding carboxylic acids is 2. The Labute approximate surface area is 223 Å². The van der Waals surface area contributed by atoms with Crippen molar-refractivity contribution in [3.63, 3.8) is 0 Å². The van der Waals surface area contributed by atoms with Crippen LogP contribution in [0.1, 0.15) is 46.8 Å². The number of carbonyl (C=O) groups is 2. The summed E-state index contributed by atoms with van der Waals surface area (Å²) >= 11 is 0. The van der Waals surface area contributed by atoms with Gasteiger partial charge in [-0.25, -0.2) is 4.39 Å². The smallest absolute Gasteiger partial charge is 0.268 e. The summed E-state index contributed by atoms with van der Waals surface area (Å²) in [7, 11) is 0. The summed E-state index contributed by atoms with van der Waals surface area (Å²) in [6.45, 7) is 1.69. The molecule has 0 saturated carbocycles. The quantitative estimate of drug-likeness (QED) is 0.232. The van der Waals surface area contributed by atoms with Crippen LogP contribution >= 0.6 is 0 Å². The fraction of sp³-hybridized carbons (Fsp3) is 0.241. The third-order valence-corrected chi connectivity index (χ3v) is 6.17. The number of aliphatic hydroxyl groups is 1. The molecule has 202 valence electrons. The Balaban J connectivity index is 1.77. The van der Waals surface area contributed by atoms with Crippen LogP contribution in [0.2, 0.25) is 0 Å². The zero-order valence-electron chi connectivity index (χ0n) is 21.4. The normalized spacial score (nSPS) is 10.9. The van der Waals surface area contributed by atoms with Crippen molar-refractivity contribution in [3.8, 4) is 5.75 Å². The van der Waals surface area contributed by atoms with E-state index in [-0.39, 0.29) is 36.9 Å². The van der Waals surface area contributed by atoms with E-state index >= 15 is 0 Å². The van der Waals surface area contributed by atoms with Crippen LogP contribution in [0.3, 0.4) is 0 Å². The Morgan fingerprint density at radius 2 is 1.69 bits per heavy atom. The van der Waals surface area contributed by atoms with Gasteiger partial charge in [-0.2, -0.15) is 0 Å². The lowest BCUT2D eigenvalue weighted by atomic mass is 10.0. The van der Waals surface area contributed by atoms with Crippen molar-refractivity contribution in [3.05, 3.63) is 99.2 Å². The van der Waals surface area contributed by atoms with Crippen LogP contribution in [-0.2, 0) is 17.8 Å². The van der Waals surface area contributed by atoms with Gasteiger partial charge in [0.25, 0.3) is 11.5 Å². The van der Waals surface area contributed by atoms with E-state index in [1.165, 1.54) is 23.6 Å². The molecule has 0 fully saturated rings. The second kappa shape index (κ2) is 12.3. The number of hydrogen-bond acceptors (Lipinski definition) is 6. The molecular formula is C29H29FN4O5. The lowest BCUT2D eigenvalue weighted by Gasteiger charge is -2.16. The number of benzene rings is 2. The average molecular weight is 533 g/mol. The molecule has 4 N–H and O–H groups in total. The minimum absolute atomic E-state index is 0.0190. The van der Waals surface area contributed by atoms with Gasteiger partial charge in [0.15, 0.2) is 5.75 Å². The zero-order valence-corrected chi connectivity index (χ0v) is 21.4. The number of hydrogen-bond donors (Lipinski definition) is 4. The molecule has 0 aliphatic carbocycles. The van der Waals surface area contributed by atoms with Gasteiger partial charge >= 0.3 is 0 Å². The molecule has 0 bridgehead atoms. The van der Waals surface area contributed by atoms with E-state index < -0.39 is 22.8 Å². The van der Waals surface area contributed by atoms with Gasteiger partial charge in [-0.15, -0.1) is 0 Å². The SMILES string of the molecule is CC(=O)Nc1ccc(Cn2c(=O)c(C(=O)NCCCCO)c(O)c3ncc(Cc4ccc(F)cc4)cc32)cc1. The predicted molar refractivity (Wildman–Crippen MR) is 145 cm³/mol. The molecule has 0 saturated heterocycles. The molecular weight excluding hydrogens is 503 g/mol. The van der Waals surface area contributed by atoms with Crippen LogP contribution in [0, 0.1) is 5.82 Å². The summed E-state index contributed by atoms with van der Waals surface area (Å²) in [5, 5.41) is 25.2. The molecule has 0 radical (unpaired) electrons. The minimum atomic E-state index is -0.732. The highest BCUT2D eigenvalue weighted by Crippen LogP contribution is 2.27. The number of halogens is 1. The van der Waals surface area contributed by atoms with Crippen molar-refractivity contribution in [1.29, 1.82) is 0 Å². The van der Waals surface area contributed by atoms with Crippen LogP contribution in [0.4, 0.5) is 10.1 Å². The summed E-state index contributed by atoms with van der Waals surface area (Å²) in [4.78, 5) is 42.3. The molecule has 0 atom stereocenters. The van der Waals surface area contributed by atoms with Crippen molar-refractivity contribution in [2.24, 2.45) is 0 Å². The molecule has 2 heterocycles. The Kier molecular flexibility index (Phi) is 8.67. The first-order valence-corrected chi connectivity index (χ1v) is 12.5. The van der Waals surface area contributed by atoms with Gasteiger partial charge in [0.05, 0.1) is 12.1 Å². The maximum atomic E-state index is 13.6. The highest BCUT2D eigenvalue weighted by molar-refractivity contribution is 6.01. The Hall–Kier alpha value is -4.57. The lowest BCUT2D eigenvalue weighted by molar-refractivity contribution is -0.114. The van der Waals surface area contributed by atoms with Crippen LogP contribution in [0.5, 0.6) is 5.75 Å². The molecule has 10 heteroatoms. The first-order valence-electron chi connectivity index (χ1n) is 12.5. The van der Waals surface area contributed by atoms with Crippen LogP contribution in [0.25, 0.3) is 11.0 Å². The number of anilines is 1.